The van der Waals surface area contributed by atoms with Crippen LogP contribution in [0.2, 0.25) is 0 Å². The zero-order valence-corrected chi connectivity index (χ0v) is 15.7. The number of benzene rings is 1. The summed E-state index contributed by atoms with van der Waals surface area (Å²) >= 11 is 0. The Morgan fingerprint density at radius 2 is 1.63 bits per heavy atom. The third-order valence-electron chi connectivity index (χ3n) is 5.78. The third-order valence-corrected chi connectivity index (χ3v) is 5.78. The Balaban J connectivity index is 1.52. The molecule has 1 aromatic rings. The number of hydrogen-bond donors (Lipinski definition) is 1. The smallest absolute Gasteiger partial charge is 0.259 e. The second kappa shape index (κ2) is 8.78. The molecule has 0 aliphatic carbocycles. The molecule has 2 amide bonds. The van der Waals surface area contributed by atoms with Crippen molar-refractivity contribution >= 4 is 11.8 Å². The van der Waals surface area contributed by atoms with E-state index in [0.29, 0.717) is 44.4 Å². The van der Waals surface area contributed by atoms with E-state index < -0.39 is 23.1 Å². The van der Waals surface area contributed by atoms with E-state index in [4.69, 9.17) is 0 Å². The van der Waals surface area contributed by atoms with Crippen LogP contribution in [0.5, 0.6) is 0 Å². The molecule has 0 saturated carbocycles. The molecular weight excluding hydrogens is 352 g/mol. The average Bonchev–Trinajstić information content (AvgIpc) is 2.68. The van der Waals surface area contributed by atoms with Crippen molar-refractivity contribution in [2.45, 2.75) is 26.2 Å². The second-order valence-corrected chi connectivity index (χ2v) is 7.54. The fraction of sp³-hybridized carbons (Fsp3) is 0.600. The van der Waals surface area contributed by atoms with Crippen LogP contribution >= 0.6 is 0 Å². The summed E-state index contributed by atoms with van der Waals surface area (Å²) in [6.45, 7) is 5.54. The van der Waals surface area contributed by atoms with Crippen LogP contribution in [0, 0.1) is 23.5 Å². The number of carbonyl (C=O) groups is 2. The molecule has 2 fully saturated rings. The number of piperidine rings is 1. The first-order valence-electron chi connectivity index (χ1n) is 9.69. The molecule has 0 bridgehead atoms. The molecular formula is C20H27F2N3O2. The fourth-order valence-electron chi connectivity index (χ4n) is 4.00. The average molecular weight is 379 g/mol. The van der Waals surface area contributed by atoms with Gasteiger partial charge in [0.1, 0.15) is 17.2 Å². The Morgan fingerprint density at radius 1 is 1.07 bits per heavy atom. The predicted octanol–water partition coefficient (Wildman–Crippen LogP) is 2.28. The number of nitrogens with zero attached hydrogens (tertiary/aromatic N) is 2. The van der Waals surface area contributed by atoms with Crippen molar-refractivity contribution in [1.82, 2.24) is 15.1 Å². The van der Waals surface area contributed by atoms with Crippen LogP contribution in [0.15, 0.2) is 18.2 Å². The molecule has 1 atom stereocenters. The van der Waals surface area contributed by atoms with Crippen molar-refractivity contribution in [2.75, 3.05) is 39.3 Å². The number of amides is 2. The number of nitrogens with one attached hydrogen (secondary N) is 1. The van der Waals surface area contributed by atoms with E-state index in [1.165, 1.54) is 11.0 Å². The van der Waals surface area contributed by atoms with Crippen LogP contribution in [0.1, 0.15) is 36.5 Å². The van der Waals surface area contributed by atoms with E-state index in [1.54, 1.807) is 4.90 Å². The Labute approximate surface area is 158 Å². The number of rotatable bonds is 4. The lowest BCUT2D eigenvalue weighted by Gasteiger charge is -2.36. The molecule has 1 unspecified atom stereocenters. The third kappa shape index (κ3) is 4.64. The molecule has 5 nitrogen and oxygen atoms in total. The fourth-order valence-corrected chi connectivity index (χ4v) is 4.00. The zero-order valence-electron chi connectivity index (χ0n) is 15.7. The van der Waals surface area contributed by atoms with E-state index in [0.717, 1.165) is 38.1 Å². The minimum absolute atomic E-state index is 0.102. The van der Waals surface area contributed by atoms with Gasteiger partial charge in [0.2, 0.25) is 5.91 Å². The lowest BCUT2D eigenvalue weighted by molar-refractivity contribution is -0.134. The number of carbonyl (C=O) groups excluding carboxylic acids is 2. The zero-order chi connectivity index (χ0) is 19.4. The van der Waals surface area contributed by atoms with Gasteiger partial charge in [-0.2, -0.15) is 0 Å². The van der Waals surface area contributed by atoms with Crippen LogP contribution < -0.4 is 5.32 Å². The number of halogens is 2. The first kappa shape index (κ1) is 19.7. The van der Waals surface area contributed by atoms with Crippen molar-refractivity contribution in [3.8, 4) is 0 Å². The van der Waals surface area contributed by atoms with Crippen LogP contribution in [0.3, 0.4) is 0 Å². The summed E-state index contributed by atoms with van der Waals surface area (Å²) in [4.78, 5) is 28.2. The number of hydrogen-bond acceptors (Lipinski definition) is 3. The first-order valence-corrected chi connectivity index (χ1v) is 9.69. The normalized spacial score (nSPS) is 19.8. The van der Waals surface area contributed by atoms with Gasteiger partial charge < -0.3 is 15.1 Å². The van der Waals surface area contributed by atoms with Crippen LogP contribution in [0.25, 0.3) is 0 Å². The number of piperazine rings is 1. The molecule has 2 aliphatic heterocycles. The monoisotopic (exact) mass is 379 g/mol. The Hall–Kier alpha value is -2.02. The molecule has 2 aliphatic rings. The molecule has 0 spiro atoms. The maximum absolute atomic E-state index is 13.8. The van der Waals surface area contributed by atoms with E-state index in [1.807, 2.05) is 0 Å². The molecule has 148 valence electrons. The molecule has 0 radical (unpaired) electrons. The Bertz CT molecular complexity index is 664. The molecule has 2 heterocycles. The van der Waals surface area contributed by atoms with Gasteiger partial charge in [0.25, 0.3) is 5.91 Å². The van der Waals surface area contributed by atoms with Gasteiger partial charge in [0.15, 0.2) is 0 Å². The highest BCUT2D eigenvalue weighted by molar-refractivity contribution is 5.95. The lowest BCUT2D eigenvalue weighted by Crippen LogP contribution is -2.51. The Morgan fingerprint density at radius 3 is 2.22 bits per heavy atom. The summed E-state index contributed by atoms with van der Waals surface area (Å²) in [5, 5.41) is 3.34. The lowest BCUT2D eigenvalue weighted by atomic mass is 9.84. The summed E-state index contributed by atoms with van der Waals surface area (Å²) in [6.07, 6.45) is 2.72. The van der Waals surface area contributed by atoms with E-state index >= 15 is 0 Å². The van der Waals surface area contributed by atoms with Gasteiger partial charge in [-0.3, -0.25) is 9.59 Å². The highest BCUT2D eigenvalue weighted by Crippen LogP contribution is 2.25. The minimum atomic E-state index is -0.852. The van der Waals surface area contributed by atoms with Crippen LogP contribution in [-0.4, -0.2) is 60.9 Å². The minimum Gasteiger partial charge on any atom is -0.339 e. The predicted molar refractivity (Wildman–Crippen MR) is 98.2 cm³/mol. The maximum atomic E-state index is 13.8. The van der Waals surface area contributed by atoms with Gasteiger partial charge >= 0.3 is 0 Å². The standard InChI is InChI=1S/C20H27F2N3O2/c1-14(15-5-7-23-8-6-15)13-18(26)24-9-11-25(12-10-24)20(27)19-16(21)3-2-4-17(19)22/h2-4,14-15,23H,5-13H2,1H3. The quantitative estimate of drug-likeness (QED) is 0.873. The van der Waals surface area contributed by atoms with Crippen molar-refractivity contribution in [3.05, 3.63) is 35.4 Å². The molecule has 1 N–H and O–H groups in total. The maximum Gasteiger partial charge on any atom is 0.259 e. The van der Waals surface area contributed by atoms with Gasteiger partial charge in [-0.25, -0.2) is 8.78 Å². The van der Waals surface area contributed by atoms with Crippen molar-refractivity contribution < 1.29 is 18.4 Å². The molecule has 1 aromatic carbocycles. The van der Waals surface area contributed by atoms with Crippen molar-refractivity contribution in [3.63, 3.8) is 0 Å². The Kier molecular flexibility index (Phi) is 6.42. The van der Waals surface area contributed by atoms with Crippen LogP contribution in [0.4, 0.5) is 8.78 Å². The van der Waals surface area contributed by atoms with Crippen molar-refractivity contribution in [2.24, 2.45) is 11.8 Å². The summed E-state index contributed by atoms with van der Waals surface area (Å²) in [5.74, 6) is -1.34. The highest BCUT2D eigenvalue weighted by Gasteiger charge is 2.29. The molecule has 7 heteroatoms. The summed E-state index contributed by atoms with van der Waals surface area (Å²) in [6, 6.07) is 3.40. The molecule has 27 heavy (non-hydrogen) atoms. The SMILES string of the molecule is CC(CC(=O)N1CCN(C(=O)c2c(F)cccc2F)CC1)C1CCNCC1. The van der Waals surface area contributed by atoms with Crippen LogP contribution in [-0.2, 0) is 4.79 Å². The highest BCUT2D eigenvalue weighted by atomic mass is 19.1. The van der Waals surface area contributed by atoms with E-state index in [-0.39, 0.29) is 5.91 Å². The molecule has 0 aromatic heterocycles. The molecule has 2 saturated heterocycles. The van der Waals surface area contributed by atoms with E-state index in [2.05, 4.69) is 12.2 Å². The summed E-state index contributed by atoms with van der Waals surface area (Å²) < 4.78 is 27.6. The van der Waals surface area contributed by atoms with Crippen molar-refractivity contribution in [1.29, 1.82) is 0 Å². The van der Waals surface area contributed by atoms with Gasteiger partial charge in [-0.05, 0) is 49.9 Å². The summed E-state index contributed by atoms with van der Waals surface area (Å²) in [7, 11) is 0. The van der Waals surface area contributed by atoms with Gasteiger partial charge in [0, 0.05) is 32.6 Å². The van der Waals surface area contributed by atoms with Gasteiger partial charge in [-0.1, -0.05) is 13.0 Å². The van der Waals surface area contributed by atoms with Gasteiger partial charge in [-0.15, -0.1) is 0 Å². The topological polar surface area (TPSA) is 52.7 Å². The van der Waals surface area contributed by atoms with E-state index in [9.17, 15) is 18.4 Å². The molecule has 3 rings (SSSR count). The largest absolute Gasteiger partial charge is 0.339 e. The second-order valence-electron chi connectivity index (χ2n) is 7.54. The first-order chi connectivity index (χ1) is 13.0. The van der Waals surface area contributed by atoms with Gasteiger partial charge in [0.05, 0.1) is 0 Å². The summed E-state index contributed by atoms with van der Waals surface area (Å²) in [5.41, 5.74) is -0.517.